The number of hydrogen-bond acceptors (Lipinski definition) is 5. The monoisotopic (exact) mass is 293 g/mol. The van der Waals surface area contributed by atoms with Crippen LogP contribution in [0.4, 0.5) is 0 Å². The van der Waals surface area contributed by atoms with Crippen molar-refractivity contribution in [3.63, 3.8) is 0 Å². The van der Waals surface area contributed by atoms with Crippen molar-refractivity contribution in [2.75, 3.05) is 46.4 Å². The molecule has 1 saturated heterocycles. The lowest BCUT2D eigenvalue weighted by molar-refractivity contribution is 0.0633. The van der Waals surface area contributed by atoms with Gasteiger partial charge in [-0.05, 0) is 31.6 Å². The van der Waals surface area contributed by atoms with E-state index in [0.717, 1.165) is 26.1 Å². The summed E-state index contributed by atoms with van der Waals surface area (Å²) in [5.41, 5.74) is 5.81. The highest BCUT2D eigenvalue weighted by Crippen LogP contribution is 2.30. The van der Waals surface area contributed by atoms with Gasteiger partial charge in [0.05, 0.1) is 12.7 Å². The Hall–Kier alpha value is -1.79. The van der Waals surface area contributed by atoms with Gasteiger partial charge >= 0.3 is 0 Å². The average Bonchev–Trinajstić information content (AvgIpc) is 2.53. The number of amides is 1. The average molecular weight is 293 g/mol. The zero-order chi connectivity index (χ0) is 15.2. The number of benzene rings is 1. The number of ether oxygens (including phenoxy) is 1. The molecule has 0 spiro atoms. The first kappa shape index (κ1) is 15.6. The van der Waals surface area contributed by atoms with Gasteiger partial charge in [0.25, 0.3) is 5.91 Å². The van der Waals surface area contributed by atoms with E-state index in [1.165, 1.54) is 7.11 Å². The maximum atomic E-state index is 12.5. The highest BCUT2D eigenvalue weighted by atomic mass is 16.5. The summed E-state index contributed by atoms with van der Waals surface area (Å²) in [5, 5.41) is 10.1. The first-order valence-corrected chi connectivity index (χ1v) is 7.25. The summed E-state index contributed by atoms with van der Waals surface area (Å²) in [5.74, 6) is 0.0860. The normalized spacial score (nSPS) is 16.0. The van der Waals surface area contributed by atoms with E-state index >= 15 is 0 Å². The largest absolute Gasteiger partial charge is 0.504 e. The minimum absolute atomic E-state index is 0.0874. The van der Waals surface area contributed by atoms with E-state index < -0.39 is 0 Å². The van der Waals surface area contributed by atoms with Crippen LogP contribution in [0.15, 0.2) is 18.2 Å². The number of nitrogens with two attached hydrogens (primary N) is 1. The highest BCUT2D eigenvalue weighted by molar-refractivity contribution is 5.97. The third-order valence-corrected chi connectivity index (χ3v) is 3.79. The number of phenolic OH excluding ortho intramolecular Hbond substituents is 1. The number of carbonyl (C=O) groups excluding carboxylic acids is 1. The van der Waals surface area contributed by atoms with Gasteiger partial charge in [0.2, 0.25) is 0 Å². The Kier molecular flexibility index (Phi) is 5.41. The van der Waals surface area contributed by atoms with E-state index in [9.17, 15) is 9.90 Å². The Morgan fingerprint density at radius 1 is 1.33 bits per heavy atom. The van der Waals surface area contributed by atoms with E-state index in [1.807, 2.05) is 0 Å². The number of rotatable bonds is 5. The molecular weight excluding hydrogens is 270 g/mol. The van der Waals surface area contributed by atoms with Gasteiger partial charge in [-0.2, -0.15) is 0 Å². The summed E-state index contributed by atoms with van der Waals surface area (Å²) in [6.45, 7) is 4.69. The lowest BCUT2D eigenvalue weighted by Gasteiger charge is -2.34. The number of nitrogens with zero attached hydrogens (tertiary/aromatic N) is 2. The quantitative estimate of drug-likeness (QED) is 0.827. The van der Waals surface area contributed by atoms with E-state index in [0.29, 0.717) is 30.9 Å². The molecule has 6 nitrogen and oxygen atoms in total. The summed E-state index contributed by atoms with van der Waals surface area (Å²) < 4.78 is 5.04. The predicted molar refractivity (Wildman–Crippen MR) is 80.7 cm³/mol. The van der Waals surface area contributed by atoms with Crippen molar-refractivity contribution in [1.82, 2.24) is 9.80 Å². The van der Waals surface area contributed by atoms with Gasteiger partial charge in [0, 0.05) is 26.2 Å². The van der Waals surface area contributed by atoms with Gasteiger partial charge in [-0.25, -0.2) is 0 Å². The molecule has 1 fully saturated rings. The molecule has 0 atom stereocenters. The Balaban J connectivity index is 1.99. The van der Waals surface area contributed by atoms with Crippen molar-refractivity contribution in [1.29, 1.82) is 0 Å². The van der Waals surface area contributed by atoms with Crippen LogP contribution in [0.2, 0.25) is 0 Å². The molecule has 0 radical (unpaired) electrons. The van der Waals surface area contributed by atoms with Crippen LogP contribution in [0, 0.1) is 0 Å². The molecule has 0 aromatic heterocycles. The molecule has 0 aliphatic carbocycles. The van der Waals surface area contributed by atoms with Gasteiger partial charge in [0.1, 0.15) is 0 Å². The minimum atomic E-state index is -0.148. The van der Waals surface area contributed by atoms with Gasteiger partial charge in [-0.3, -0.25) is 9.69 Å². The second-order valence-electron chi connectivity index (χ2n) is 5.13. The maximum Gasteiger partial charge on any atom is 0.257 e. The van der Waals surface area contributed by atoms with Crippen LogP contribution in [-0.4, -0.2) is 67.2 Å². The molecule has 0 bridgehead atoms. The van der Waals surface area contributed by atoms with Crippen molar-refractivity contribution in [3.05, 3.63) is 23.8 Å². The number of para-hydroxylation sites is 1. The maximum absolute atomic E-state index is 12.5. The van der Waals surface area contributed by atoms with Gasteiger partial charge < -0.3 is 20.5 Å². The topological polar surface area (TPSA) is 79.0 Å². The van der Waals surface area contributed by atoms with E-state index in [-0.39, 0.29) is 11.7 Å². The van der Waals surface area contributed by atoms with Gasteiger partial charge in [0.15, 0.2) is 11.5 Å². The molecule has 6 heteroatoms. The first-order chi connectivity index (χ1) is 10.2. The summed E-state index contributed by atoms with van der Waals surface area (Å²) in [4.78, 5) is 16.6. The van der Waals surface area contributed by atoms with Crippen molar-refractivity contribution in [2.24, 2.45) is 5.73 Å². The second kappa shape index (κ2) is 7.28. The van der Waals surface area contributed by atoms with Crippen LogP contribution < -0.4 is 10.5 Å². The van der Waals surface area contributed by atoms with Gasteiger partial charge in [-0.1, -0.05) is 6.07 Å². The standard InChI is InChI=1S/C15H23N3O3/c1-21-13-5-2-4-12(14(13)19)15(20)18-10-8-17(9-11-18)7-3-6-16/h2,4-5,19H,3,6-11,16H2,1H3. The smallest absolute Gasteiger partial charge is 0.257 e. The van der Waals surface area contributed by atoms with E-state index in [1.54, 1.807) is 23.1 Å². The van der Waals surface area contributed by atoms with E-state index in [4.69, 9.17) is 10.5 Å². The number of phenols is 1. The predicted octanol–water partition coefficient (Wildman–Crippen LogP) is 0.507. The molecule has 1 heterocycles. The number of hydrogen-bond donors (Lipinski definition) is 2. The summed E-state index contributed by atoms with van der Waals surface area (Å²) >= 11 is 0. The molecule has 21 heavy (non-hydrogen) atoms. The lowest BCUT2D eigenvalue weighted by Crippen LogP contribution is -2.49. The molecule has 1 aromatic carbocycles. The lowest BCUT2D eigenvalue weighted by atomic mass is 10.1. The fourth-order valence-electron chi connectivity index (χ4n) is 2.52. The SMILES string of the molecule is COc1cccc(C(=O)N2CCN(CCCN)CC2)c1O. The Bertz CT molecular complexity index is 485. The van der Waals surface area contributed by atoms with Crippen LogP contribution in [0.5, 0.6) is 11.5 Å². The third kappa shape index (κ3) is 3.65. The third-order valence-electron chi connectivity index (χ3n) is 3.79. The van der Waals surface area contributed by atoms with Crippen LogP contribution in [0.1, 0.15) is 16.8 Å². The fourth-order valence-corrected chi connectivity index (χ4v) is 2.52. The minimum Gasteiger partial charge on any atom is -0.504 e. The van der Waals surface area contributed by atoms with E-state index in [2.05, 4.69) is 4.90 Å². The Labute approximate surface area is 125 Å². The number of aromatic hydroxyl groups is 1. The van der Waals surface area contributed by atoms with Crippen LogP contribution in [0.25, 0.3) is 0 Å². The number of carbonyl (C=O) groups is 1. The molecule has 1 aromatic rings. The molecule has 0 saturated carbocycles. The molecule has 3 N–H and O–H groups in total. The fraction of sp³-hybridized carbons (Fsp3) is 0.533. The summed E-state index contributed by atoms with van der Waals surface area (Å²) in [7, 11) is 1.47. The van der Waals surface area contributed by atoms with Crippen LogP contribution in [-0.2, 0) is 0 Å². The van der Waals surface area contributed by atoms with Gasteiger partial charge in [-0.15, -0.1) is 0 Å². The van der Waals surface area contributed by atoms with Crippen molar-refractivity contribution in [3.8, 4) is 11.5 Å². The molecule has 1 amide bonds. The highest BCUT2D eigenvalue weighted by Gasteiger charge is 2.24. The number of piperazine rings is 1. The van der Waals surface area contributed by atoms with Crippen molar-refractivity contribution < 1.29 is 14.6 Å². The molecule has 0 unspecified atom stereocenters. The zero-order valence-electron chi connectivity index (χ0n) is 12.4. The molecule has 1 aliphatic heterocycles. The van der Waals surface area contributed by atoms with Crippen molar-refractivity contribution in [2.45, 2.75) is 6.42 Å². The second-order valence-corrected chi connectivity index (χ2v) is 5.13. The van der Waals surface area contributed by atoms with Crippen LogP contribution >= 0.6 is 0 Å². The molecule has 2 rings (SSSR count). The molecule has 1 aliphatic rings. The Morgan fingerprint density at radius 3 is 2.67 bits per heavy atom. The zero-order valence-corrected chi connectivity index (χ0v) is 12.4. The molecule has 116 valence electrons. The number of methoxy groups -OCH3 is 1. The van der Waals surface area contributed by atoms with Crippen LogP contribution in [0.3, 0.4) is 0 Å². The first-order valence-electron chi connectivity index (χ1n) is 7.25. The Morgan fingerprint density at radius 2 is 2.05 bits per heavy atom. The summed E-state index contributed by atoms with van der Waals surface area (Å²) in [6.07, 6.45) is 0.977. The summed E-state index contributed by atoms with van der Waals surface area (Å²) in [6, 6.07) is 4.97. The molecular formula is C15H23N3O3. The van der Waals surface area contributed by atoms with Crippen molar-refractivity contribution >= 4 is 5.91 Å².